The largest absolute Gasteiger partial charge is 0.479 e. The molecule has 10 nitrogen and oxygen atoms in total. The fourth-order valence-corrected chi connectivity index (χ4v) is 5.23. The molecular weight excluding hydrogens is 480 g/mol. The van der Waals surface area contributed by atoms with E-state index in [4.69, 9.17) is 30.5 Å². The Morgan fingerprint density at radius 2 is 2.03 bits per heavy atom. The van der Waals surface area contributed by atoms with Gasteiger partial charge >= 0.3 is 5.97 Å². The summed E-state index contributed by atoms with van der Waals surface area (Å²) in [6.07, 6.45) is -2.03. The first-order valence-corrected chi connectivity index (χ1v) is 11.5. The number of halogens is 1. The van der Waals surface area contributed by atoms with E-state index < -0.39 is 41.0 Å². The Morgan fingerprint density at radius 3 is 2.66 bits per heavy atom. The number of hydrogen-bond acceptors (Lipinski definition) is 9. The standard InChI is InChI=1S/C24H27ClN2O8/c1-5-34-22(29)18-11-13-10-14(25)6-8-17(13)26(18)20-16-12-15(27(30)31)7-9-19(16)35-24(2,21(20)28)23(32-3)33-4/h6-10,12,18,20-21,23,28H,5,11H2,1-4H3/t18-,20-,21+,24-/m0/s1. The summed E-state index contributed by atoms with van der Waals surface area (Å²) in [5.74, 6) is -0.181. The van der Waals surface area contributed by atoms with Crippen molar-refractivity contribution < 1.29 is 33.8 Å². The number of non-ortho nitro benzene ring substituents is 1. The van der Waals surface area contributed by atoms with Gasteiger partial charge < -0.3 is 29.0 Å². The van der Waals surface area contributed by atoms with Crippen LogP contribution >= 0.6 is 11.6 Å². The van der Waals surface area contributed by atoms with Crippen molar-refractivity contribution >= 4 is 28.9 Å². The highest BCUT2D eigenvalue weighted by molar-refractivity contribution is 6.30. The maximum Gasteiger partial charge on any atom is 0.329 e. The van der Waals surface area contributed by atoms with Gasteiger partial charge in [0.1, 0.15) is 17.9 Å². The highest BCUT2D eigenvalue weighted by atomic mass is 35.5. The first kappa shape index (κ1) is 25.2. The number of nitrogens with zero attached hydrogens (tertiary/aromatic N) is 2. The number of carbonyl (C=O) groups excluding carboxylic acids is 1. The molecule has 0 aliphatic carbocycles. The predicted octanol–water partition coefficient (Wildman–Crippen LogP) is 3.41. The number of hydrogen-bond donors (Lipinski definition) is 1. The number of anilines is 1. The van der Waals surface area contributed by atoms with E-state index >= 15 is 0 Å². The number of aliphatic hydroxyl groups excluding tert-OH is 1. The Bertz CT molecular complexity index is 1140. The normalized spacial score (nSPS) is 25.1. The minimum absolute atomic E-state index is 0.172. The number of esters is 1. The summed E-state index contributed by atoms with van der Waals surface area (Å²) < 4.78 is 22.4. The van der Waals surface area contributed by atoms with Crippen LogP contribution in [0.1, 0.15) is 31.0 Å². The molecule has 0 radical (unpaired) electrons. The van der Waals surface area contributed by atoms with Crippen molar-refractivity contribution in [2.75, 3.05) is 25.7 Å². The summed E-state index contributed by atoms with van der Waals surface area (Å²) >= 11 is 6.22. The quantitative estimate of drug-likeness (QED) is 0.260. The first-order valence-electron chi connectivity index (χ1n) is 11.1. The molecule has 11 heteroatoms. The van der Waals surface area contributed by atoms with Gasteiger partial charge in [-0.1, -0.05) is 11.6 Å². The van der Waals surface area contributed by atoms with E-state index in [1.54, 1.807) is 36.9 Å². The van der Waals surface area contributed by atoms with E-state index in [9.17, 15) is 20.0 Å². The number of ether oxygens (including phenoxy) is 4. The summed E-state index contributed by atoms with van der Waals surface area (Å²) in [7, 11) is 2.84. The molecule has 0 unspecified atom stereocenters. The predicted molar refractivity (Wildman–Crippen MR) is 127 cm³/mol. The van der Waals surface area contributed by atoms with Crippen LogP contribution in [-0.4, -0.2) is 60.9 Å². The van der Waals surface area contributed by atoms with Gasteiger partial charge in [-0.15, -0.1) is 0 Å². The molecule has 1 N–H and O–H groups in total. The van der Waals surface area contributed by atoms with Gasteiger partial charge in [0.2, 0.25) is 0 Å². The average Bonchev–Trinajstić information content (AvgIpc) is 3.18. The minimum Gasteiger partial charge on any atom is -0.479 e. The number of rotatable bonds is 7. The van der Waals surface area contributed by atoms with Gasteiger partial charge in [0.05, 0.1) is 17.6 Å². The lowest BCUT2D eigenvalue weighted by atomic mass is 9.83. The second kappa shape index (κ2) is 9.62. The van der Waals surface area contributed by atoms with Gasteiger partial charge in [-0.05, 0) is 43.7 Å². The smallest absolute Gasteiger partial charge is 0.329 e. The number of fused-ring (bicyclic) bond motifs is 2. The van der Waals surface area contributed by atoms with Gasteiger partial charge in [0.15, 0.2) is 11.9 Å². The van der Waals surface area contributed by atoms with Crippen LogP contribution in [0.25, 0.3) is 0 Å². The fourth-order valence-electron chi connectivity index (χ4n) is 5.03. The van der Waals surface area contributed by atoms with Crippen molar-refractivity contribution in [2.45, 2.75) is 50.3 Å². The molecule has 2 aromatic rings. The second-order valence-electron chi connectivity index (χ2n) is 8.61. The van der Waals surface area contributed by atoms with E-state index in [2.05, 4.69) is 0 Å². The zero-order chi connectivity index (χ0) is 25.5. The van der Waals surface area contributed by atoms with Gasteiger partial charge in [-0.2, -0.15) is 0 Å². The van der Waals surface area contributed by atoms with Crippen LogP contribution in [0.3, 0.4) is 0 Å². The molecule has 0 aromatic heterocycles. The van der Waals surface area contributed by atoms with Gasteiger partial charge in [0.25, 0.3) is 5.69 Å². The molecule has 2 aliphatic rings. The van der Waals surface area contributed by atoms with Crippen molar-refractivity contribution in [1.29, 1.82) is 0 Å². The summed E-state index contributed by atoms with van der Waals surface area (Å²) in [5, 5.41) is 23.9. The highest BCUT2D eigenvalue weighted by Crippen LogP contribution is 2.50. The second-order valence-corrected chi connectivity index (χ2v) is 9.05. The van der Waals surface area contributed by atoms with Crippen LogP contribution in [-0.2, 0) is 25.4 Å². The molecule has 0 spiro atoms. The van der Waals surface area contributed by atoms with Gasteiger partial charge in [-0.25, -0.2) is 4.79 Å². The Balaban J connectivity index is 1.95. The lowest BCUT2D eigenvalue weighted by Gasteiger charge is -2.50. The summed E-state index contributed by atoms with van der Waals surface area (Å²) in [5.41, 5.74) is 0.201. The Labute approximate surface area is 207 Å². The molecule has 0 saturated carbocycles. The third-order valence-corrected chi connectivity index (χ3v) is 6.80. The number of nitro benzene ring substituents is 1. The molecule has 35 heavy (non-hydrogen) atoms. The highest BCUT2D eigenvalue weighted by Gasteiger charge is 2.56. The van der Waals surface area contributed by atoms with Crippen molar-refractivity contribution in [3.63, 3.8) is 0 Å². The zero-order valence-corrected chi connectivity index (χ0v) is 20.5. The molecular formula is C24H27ClN2O8. The topological polar surface area (TPSA) is 121 Å². The van der Waals surface area contributed by atoms with E-state index in [0.29, 0.717) is 22.0 Å². The number of aliphatic hydroxyl groups is 1. The lowest BCUT2D eigenvalue weighted by molar-refractivity contribution is -0.385. The van der Waals surface area contributed by atoms with E-state index in [-0.39, 0.29) is 18.7 Å². The molecule has 2 aliphatic heterocycles. The Hall–Kier alpha value is -2.92. The van der Waals surface area contributed by atoms with Crippen LogP contribution in [0.15, 0.2) is 36.4 Å². The third-order valence-electron chi connectivity index (χ3n) is 6.56. The summed E-state index contributed by atoms with van der Waals surface area (Å²) in [6, 6.07) is 7.62. The van der Waals surface area contributed by atoms with Gasteiger partial charge in [0, 0.05) is 49.0 Å². The molecule has 0 bridgehead atoms. The minimum atomic E-state index is -1.42. The van der Waals surface area contributed by atoms with Crippen molar-refractivity contribution in [3.8, 4) is 5.75 Å². The third kappa shape index (κ3) is 4.20. The van der Waals surface area contributed by atoms with E-state index in [1.807, 2.05) is 0 Å². The lowest BCUT2D eigenvalue weighted by Crippen LogP contribution is -2.63. The van der Waals surface area contributed by atoms with E-state index in [0.717, 1.165) is 5.56 Å². The molecule has 2 heterocycles. The average molecular weight is 507 g/mol. The maximum atomic E-state index is 13.1. The summed E-state index contributed by atoms with van der Waals surface area (Å²) in [6.45, 7) is 3.51. The Morgan fingerprint density at radius 1 is 1.31 bits per heavy atom. The number of nitro groups is 1. The molecule has 2 aromatic carbocycles. The first-order chi connectivity index (χ1) is 16.7. The van der Waals surface area contributed by atoms with Crippen LogP contribution < -0.4 is 9.64 Å². The van der Waals surface area contributed by atoms with Crippen molar-refractivity contribution in [3.05, 3.63) is 62.7 Å². The van der Waals surface area contributed by atoms with Crippen molar-refractivity contribution in [2.24, 2.45) is 0 Å². The molecule has 188 valence electrons. The maximum absolute atomic E-state index is 13.1. The van der Waals surface area contributed by atoms with E-state index in [1.165, 1.54) is 32.4 Å². The van der Waals surface area contributed by atoms with Crippen LogP contribution in [0.5, 0.6) is 5.75 Å². The Kier molecular flexibility index (Phi) is 6.92. The van der Waals surface area contributed by atoms with Gasteiger partial charge in [-0.3, -0.25) is 10.1 Å². The molecule has 0 saturated heterocycles. The van der Waals surface area contributed by atoms with Crippen LogP contribution in [0, 0.1) is 10.1 Å². The number of methoxy groups -OCH3 is 2. The number of carbonyl (C=O) groups is 1. The fraction of sp³-hybridized carbons (Fsp3) is 0.458. The molecule has 0 fully saturated rings. The SMILES string of the molecule is CCOC(=O)[C@@H]1Cc2cc(Cl)ccc2N1[C@H]1c2cc([N+](=O)[O-])ccc2O[C@](C)(C(OC)OC)[C@@H]1O. The van der Waals surface area contributed by atoms with Crippen LogP contribution in [0.4, 0.5) is 11.4 Å². The molecule has 4 atom stereocenters. The molecule has 4 rings (SSSR count). The monoisotopic (exact) mass is 506 g/mol. The summed E-state index contributed by atoms with van der Waals surface area (Å²) in [4.78, 5) is 25.9. The zero-order valence-electron chi connectivity index (χ0n) is 19.8. The van der Waals surface area contributed by atoms with Crippen molar-refractivity contribution in [1.82, 2.24) is 0 Å². The number of benzene rings is 2. The van der Waals surface area contributed by atoms with Crippen LogP contribution in [0.2, 0.25) is 5.02 Å². The molecule has 0 amide bonds.